The molecule has 0 bridgehead atoms. The minimum absolute atomic E-state index is 0.0770. The number of rotatable bonds is 6. The van der Waals surface area contributed by atoms with Crippen molar-refractivity contribution in [3.05, 3.63) is 66.6 Å². The molecule has 0 unspecified atom stereocenters. The number of carbonyl (C=O) groups excluding carboxylic acids is 1. The molecule has 128 valence electrons. The molecule has 2 heterocycles. The number of aromatic nitrogens is 3. The second kappa shape index (κ2) is 7.61. The Kier molecular flexibility index (Phi) is 5.09. The minimum atomic E-state index is -0.0770. The molecule has 0 aliphatic heterocycles. The summed E-state index contributed by atoms with van der Waals surface area (Å²) >= 11 is 0. The predicted octanol–water partition coefficient (Wildman–Crippen LogP) is 2.44. The third-order valence-corrected chi connectivity index (χ3v) is 3.89. The lowest BCUT2D eigenvalue weighted by Crippen LogP contribution is -2.27. The second-order valence-electron chi connectivity index (χ2n) is 5.90. The number of nitrogens with zero attached hydrogens (tertiary/aromatic N) is 4. The maximum atomic E-state index is 12.2. The number of anilines is 1. The molecule has 25 heavy (non-hydrogen) atoms. The molecule has 1 amide bonds. The van der Waals surface area contributed by atoms with Crippen LogP contribution in [0.2, 0.25) is 0 Å². The first-order valence-corrected chi connectivity index (χ1v) is 8.13. The summed E-state index contributed by atoms with van der Waals surface area (Å²) in [6.07, 6.45) is 5.40. The van der Waals surface area contributed by atoms with E-state index in [4.69, 9.17) is 0 Å². The molecule has 3 rings (SSSR count). The van der Waals surface area contributed by atoms with E-state index in [1.165, 1.54) is 0 Å². The summed E-state index contributed by atoms with van der Waals surface area (Å²) in [6, 6.07) is 13.3. The summed E-state index contributed by atoms with van der Waals surface area (Å²) in [4.78, 5) is 18.2. The fourth-order valence-electron chi connectivity index (χ4n) is 2.46. The number of hydrogen-bond donors (Lipinski definition) is 1. The molecule has 0 radical (unpaired) electrons. The minimum Gasteiger partial charge on any atom is -0.378 e. The van der Waals surface area contributed by atoms with Gasteiger partial charge in [-0.15, -0.1) is 0 Å². The van der Waals surface area contributed by atoms with Crippen molar-refractivity contribution in [2.45, 2.75) is 6.54 Å². The number of nitrogens with one attached hydrogen (secondary N) is 1. The first-order chi connectivity index (χ1) is 12.1. The average Bonchev–Trinajstić information content (AvgIpc) is 3.11. The first-order valence-electron chi connectivity index (χ1n) is 8.13. The van der Waals surface area contributed by atoms with E-state index in [9.17, 15) is 4.79 Å². The number of carbonyl (C=O) groups is 1. The van der Waals surface area contributed by atoms with Crippen LogP contribution < -0.4 is 10.2 Å². The van der Waals surface area contributed by atoms with Crippen LogP contribution in [0.4, 0.5) is 5.69 Å². The molecule has 0 saturated carbocycles. The van der Waals surface area contributed by atoms with E-state index < -0.39 is 0 Å². The summed E-state index contributed by atoms with van der Waals surface area (Å²) < 4.78 is 1.82. The van der Waals surface area contributed by atoms with E-state index in [-0.39, 0.29) is 5.91 Å². The van der Waals surface area contributed by atoms with Crippen LogP contribution in [0.5, 0.6) is 0 Å². The first kappa shape index (κ1) is 16.7. The lowest BCUT2D eigenvalue weighted by molar-refractivity contribution is 0.0952. The van der Waals surface area contributed by atoms with Crippen molar-refractivity contribution in [2.24, 2.45) is 0 Å². The predicted molar refractivity (Wildman–Crippen MR) is 98.6 cm³/mol. The Morgan fingerprint density at radius 2 is 1.80 bits per heavy atom. The maximum Gasteiger partial charge on any atom is 0.251 e. The van der Waals surface area contributed by atoms with E-state index in [1.54, 1.807) is 12.4 Å². The van der Waals surface area contributed by atoms with Gasteiger partial charge in [-0.2, -0.15) is 5.10 Å². The summed E-state index contributed by atoms with van der Waals surface area (Å²) in [5, 5.41) is 7.43. The Hall–Kier alpha value is -3.15. The smallest absolute Gasteiger partial charge is 0.251 e. The van der Waals surface area contributed by atoms with Crippen molar-refractivity contribution >= 4 is 11.6 Å². The highest BCUT2D eigenvalue weighted by Gasteiger charge is 2.06. The third-order valence-electron chi connectivity index (χ3n) is 3.89. The fourth-order valence-corrected chi connectivity index (χ4v) is 2.46. The van der Waals surface area contributed by atoms with E-state index in [0.29, 0.717) is 18.7 Å². The highest BCUT2D eigenvalue weighted by molar-refractivity contribution is 5.94. The van der Waals surface area contributed by atoms with Crippen LogP contribution in [0.1, 0.15) is 10.4 Å². The topological polar surface area (TPSA) is 63.1 Å². The second-order valence-corrected chi connectivity index (χ2v) is 5.90. The van der Waals surface area contributed by atoms with Crippen LogP contribution in [0.3, 0.4) is 0 Å². The fraction of sp³-hybridized carbons (Fsp3) is 0.211. The van der Waals surface area contributed by atoms with Gasteiger partial charge in [0.05, 0.1) is 12.2 Å². The maximum absolute atomic E-state index is 12.2. The van der Waals surface area contributed by atoms with Gasteiger partial charge < -0.3 is 10.2 Å². The van der Waals surface area contributed by atoms with Gasteiger partial charge in [-0.05, 0) is 42.5 Å². The number of benzene rings is 1. The monoisotopic (exact) mass is 335 g/mol. The third kappa shape index (κ3) is 4.23. The molecule has 6 heteroatoms. The Morgan fingerprint density at radius 1 is 1.08 bits per heavy atom. The Bertz CT molecular complexity index is 825. The van der Waals surface area contributed by atoms with Gasteiger partial charge in [-0.25, -0.2) is 0 Å². The van der Waals surface area contributed by atoms with Crippen molar-refractivity contribution in [2.75, 3.05) is 25.5 Å². The Balaban J connectivity index is 1.53. The van der Waals surface area contributed by atoms with Crippen LogP contribution in [0.15, 0.2) is 61.1 Å². The molecule has 0 fully saturated rings. The van der Waals surface area contributed by atoms with Crippen LogP contribution in [-0.2, 0) is 6.54 Å². The van der Waals surface area contributed by atoms with E-state index in [0.717, 1.165) is 16.9 Å². The lowest BCUT2D eigenvalue weighted by atomic mass is 10.2. The van der Waals surface area contributed by atoms with Crippen LogP contribution in [0.25, 0.3) is 11.3 Å². The zero-order valence-electron chi connectivity index (χ0n) is 14.4. The van der Waals surface area contributed by atoms with Crippen LogP contribution in [-0.4, -0.2) is 41.3 Å². The van der Waals surface area contributed by atoms with Crippen molar-refractivity contribution in [3.63, 3.8) is 0 Å². The molecular formula is C19H21N5O. The van der Waals surface area contributed by atoms with Gasteiger partial charge >= 0.3 is 0 Å². The largest absolute Gasteiger partial charge is 0.378 e. The van der Waals surface area contributed by atoms with E-state index >= 15 is 0 Å². The standard InChI is InChI=1S/C19H21N5O/c1-23(2)17-5-3-16(4-6-17)19(25)21-12-14-24-13-9-18(22-24)15-7-10-20-11-8-15/h3-11,13H,12,14H2,1-2H3,(H,21,25). The van der Waals surface area contributed by atoms with Gasteiger partial charge in [-0.1, -0.05) is 0 Å². The molecule has 0 aliphatic carbocycles. The highest BCUT2D eigenvalue weighted by Crippen LogP contribution is 2.15. The van der Waals surface area contributed by atoms with Crippen molar-refractivity contribution in [1.82, 2.24) is 20.1 Å². The van der Waals surface area contributed by atoms with Gasteiger partial charge in [0, 0.05) is 56.0 Å². The molecule has 6 nitrogen and oxygen atoms in total. The molecule has 0 atom stereocenters. The van der Waals surface area contributed by atoms with E-state index in [2.05, 4.69) is 15.4 Å². The van der Waals surface area contributed by atoms with Gasteiger partial charge in [-0.3, -0.25) is 14.5 Å². The Labute approximate surface area is 147 Å². The molecule has 0 saturated heterocycles. The van der Waals surface area contributed by atoms with Gasteiger partial charge in [0.25, 0.3) is 5.91 Å². The molecule has 1 N–H and O–H groups in total. The zero-order valence-corrected chi connectivity index (χ0v) is 14.4. The van der Waals surface area contributed by atoms with Gasteiger partial charge in [0.2, 0.25) is 0 Å². The molecule has 3 aromatic rings. The number of hydrogen-bond acceptors (Lipinski definition) is 4. The van der Waals surface area contributed by atoms with Gasteiger partial charge in [0.1, 0.15) is 0 Å². The summed E-state index contributed by atoms with van der Waals surface area (Å²) in [7, 11) is 3.94. The SMILES string of the molecule is CN(C)c1ccc(C(=O)NCCn2ccc(-c3ccncc3)n2)cc1. The normalized spacial score (nSPS) is 10.5. The number of pyridine rings is 1. The summed E-state index contributed by atoms with van der Waals surface area (Å²) in [5.74, 6) is -0.0770. The molecular weight excluding hydrogens is 314 g/mol. The quantitative estimate of drug-likeness (QED) is 0.751. The molecule has 2 aromatic heterocycles. The summed E-state index contributed by atoms with van der Waals surface area (Å²) in [5.41, 5.74) is 3.65. The van der Waals surface area contributed by atoms with Crippen molar-refractivity contribution < 1.29 is 4.79 Å². The van der Waals surface area contributed by atoms with Crippen LogP contribution >= 0.6 is 0 Å². The zero-order chi connectivity index (χ0) is 17.6. The summed E-state index contributed by atoms with van der Waals surface area (Å²) in [6.45, 7) is 1.14. The average molecular weight is 335 g/mol. The van der Waals surface area contributed by atoms with Crippen LogP contribution in [0, 0.1) is 0 Å². The van der Waals surface area contributed by atoms with Gasteiger partial charge in [0.15, 0.2) is 0 Å². The molecule has 0 aliphatic rings. The Morgan fingerprint density at radius 3 is 2.48 bits per heavy atom. The van der Waals surface area contributed by atoms with Crippen molar-refractivity contribution in [3.8, 4) is 11.3 Å². The molecule has 0 spiro atoms. The lowest BCUT2D eigenvalue weighted by Gasteiger charge is -2.12. The number of amides is 1. The van der Waals surface area contributed by atoms with Crippen molar-refractivity contribution in [1.29, 1.82) is 0 Å². The molecule has 1 aromatic carbocycles. The highest BCUT2D eigenvalue weighted by atomic mass is 16.1. The van der Waals surface area contributed by atoms with E-state index in [1.807, 2.05) is 72.3 Å².